The van der Waals surface area contributed by atoms with Crippen LogP contribution in [0, 0.1) is 13.8 Å². The van der Waals surface area contributed by atoms with Crippen molar-refractivity contribution >= 4 is 22.1 Å². The SMILES string of the molecule is Cc1c(-c2ccccc2)c2cc3c(C)coc3nc2n(C)c1=O. The lowest BCUT2D eigenvalue weighted by molar-refractivity contribution is 0.601. The van der Waals surface area contributed by atoms with E-state index < -0.39 is 0 Å². The first kappa shape index (κ1) is 13.8. The first-order chi connectivity index (χ1) is 11.1. The summed E-state index contributed by atoms with van der Waals surface area (Å²) in [5.41, 5.74) is 4.91. The van der Waals surface area contributed by atoms with Crippen LogP contribution in [0.15, 0.2) is 51.9 Å². The van der Waals surface area contributed by atoms with Crippen LogP contribution in [0.5, 0.6) is 0 Å². The first-order valence-corrected chi connectivity index (χ1v) is 7.51. The van der Waals surface area contributed by atoms with Gasteiger partial charge >= 0.3 is 0 Å². The second kappa shape index (κ2) is 4.81. The topological polar surface area (TPSA) is 48.0 Å². The van der Waals surface area contributed by atoms with Crippen molar-refractivity contribution in [2.75, 3.05) is 0 Å². The second-order valence-electron chi connectivity index (χ2n) is 5.86. The van der Waals surface area contributed by atoms with E-state index in [1.807, 2.05) is 44.2 Å². The van der Waals surface area contributed by atoms with Crippen LogP contribution in [0.1, 0.15) is 11.1 Å². The molecule has 114 valence electrons. The lowest BCUT2D eigenvalue weighted by atomic mass is 9.97. The molecule has 4 heteroatoms. The number of aromatic nitrogens is 2. The highest BCUT2D eigenvalue weighted by Gasteiger charge is 2.17. The van der Waals surface area contributed by atoms with Gasteiger partial charge in [-0.15, -0.1) is 0 Å². The van der Waals surface area contributed by atoms with Crippen molar-refractivity contribution in [1.29, 1.82) is 0 Å². The quantitative estimate of drug-likeness (QED) is 0.535. The van der Waals surface area contributed by atoms with E-state index in [1.165, 1.54) is 0 Å². The molecule has 0 bridgehead atoms. The summed E-state index contributed by atoms with van der Waals surface area (Å²) in [5.74, 6) is 0. The molecule has 0 unspecified atom stereocenters. The average molecular weight is 304 g/mol. The summed E-state index contributed by atoms with van der Waals surface area (Å²) in [7, 11) is 1.75. The molecule has 0 aliphatic heterocycles. The Balaban J connectivity index is 2.26. The van der Waals surface area contributed by atoms with E-state index in [0.29, 0.717) is 11.4 Å². The maximum absolute atomic E-state index is 12.6. The van der Waals surface area contributed by atoms with Crippen LogP contribution in [-0.2, 0) is 7.05 Å². The Bertz CT molecular complexity index is 1110. The lowest BCUT2D eigenvalue weighted by Gasteiger charge is -2.13. The molecule has 0 saturated heterocycles. The van der Waals surface area contributed by atoms with Gasteiger partial charge in [0.1, 0.15) is 5.65 Å². The van der Waals surface area contributed by atoms with E-state index in [-0.39, 0.29) is 5.56 Å². The molecule has 0 radical (unpaired) electrons. The summed E-state index contributed by atoms with van der Waals surface area (Å²) in [6.07, 6.45) is 1.70. The van der Waals surface area contributed by atoms with E-state index in [4.69, 9.17) is 4.42 Å². The highest BCUT2D eigenvalue weighted by atomic mass is 16.3. The highest BCUT2D eigenvalue weighted by Crippen LogP contribution is 2.32. The molecule has 0 saturated carbocycles. The van der Waals surface area contributed by atoms with Gasteiger partial charge in [0, 0.05) is 28.9 Å². The molecule has 0 amide bonds. The normalized spacial score (nSPS) is 11.4. The first-order valence-electron chi connectivity index (χ1n) is 7.51. The summed E-state index contributed by atoms with van der Waals surface area (Å²) in [5, 5.41) is 1.94. The van der Waals surface area contributed by atoms with Crippen LogP contribution >= 0.6 is 0 Å². The van der Waals surface area contributed by atoms with Crippen LogP contribution in [0.4, 0.5) is 0 Å². The minimum absolute atomic E-state index is 0.0357. The van der Waals surface area contributed by atoms with E-state index in [2.05, 4.69) is 11.1 Å². The van der Waals surface area contributed by atoms with Crippen molar-refractivity contribution in [3.63, 3.8) is 0 Å². The number of pyridine rings is 2. The number of hydrogen-bond acceptors (Lipinski definition) is 3. The lowest BCUT2D eigenvalue weighted by Crippen LogP contribution is -2.21. The summed E-state index contributed by atoms with van der Waals surface area (Å²) in [6.45, 7) is 3.87. The predicted octanol–water partition coefficient (Wildman–Crippen LogP) is 3.96. The summed E-state index contributed by atoms with van der Waals surface area (Å²) in [6, 6.07) is 12.0. The minimum Gasteiger partial charge on any atom is -0.446 e. The standard InChI is InChI=1S/C19H16N2O2/c1-11-10-23-18-14(11)9-15-16(13-7-5-4-6-8-13)12(2)19(22)21(3)17(15)20-18/h4-10H,1-3H3. The van der Waals surface area contributed by atoms with E-state index in [1.54, 1.807) is 17.9 Å². The summed E-state index contributed by atoms with van der Waals surface area (Å²) in [4.78, 5) is 17.2. The monoisotopic (exact) mass is 304 g/mol. The number of aryl methyl sites for hydroxylation is 2. The van der Waals surface area contributed by atoms with Crippen LogP contribution in [0.2, 0.25) is 0 Å². The van der Waals surface area contributed by atoms with Crippen molar-refractivity contribution in [1.82, 2.24) is 9.55 Å². The molecule has 0 N–H and O–H groups in total. The van der Waals surface area contributed by atoms with Crippen molar-refractivity contribution < 1.29 is 4.42 Å². The highest BCUT2D eigenvalue weighted by molar-refractivity contribution is 6.00. The Morgan fingerprint density at radius 3 is 2.57 bits per heavy atom. The fraction of sp³-hybridized carbons (Fsp3) is 0.158. The van der Waals surface area contributed by atoms with Crippen LogP contribution in [-0.4, -0.2) is 9.55 Å². The zero-order valence-electron chi connectivity index (χ0n) is 13.3. The number of benzene rings is 1. The third-order valence-corrected chi connectivity index (χ3v) is 4.39. The molecular weight excluding hydrogens is 288 g/mol. The Labute approximate surface area is 133 Å². The number of furan rings is 1. The Morgan fingerprint density at radius 2 is 1.83 bits per heavy atom. The predicted molar refractivity (Wildman–Crippen MR) is 91.7 cm³/mol. The third kappa shape index (κ3) is 1.91. The van der Waals surface area contributed by atoms with Gasteiger partial charge < -0.3 is 4.42 Å². The Morgan fingerprint density at radius 1 is 1.09 bits per heavy atom. The summed E-state index contributed by atoms with van der Waals surface area (Å²) < 4.78 is 7.09. The van der Waals surface area contributed by atoms with Gasteiger partial charge in [-0.05, 0) is 31.0 Å². The number of rotatable bonds is 1. The molecule has 4 aromatic rings. The van der Waals surface area contributed by atoms with E-state index in [9.17, 15) is 4.79 Å². The Hall–Kier alpha value is -2.88. The molecule has 4 nitrogen and oxygen atoms in total. The van der Waals surface area contributed by atoms with Gasteiger partial charge in [0.25, 0.3) is 5.56 Å². The van der Waals surface area contributed by atoms with Crippen LogP contribution < -0.4 is 5.56 Å². The van der Waals surface area contributed by atoms with Crippen molar-refractivity contribution in [3.8, 4) is 11.1 Å². The molecule has 3 aromatic heterocycles. The molecule has 0 aliphatic rings. The van der Waals surface area contributed by atoms with Crippen LogP contribution in [0.25, 0.3) is 33.3 Å². The third-order valence-electron chi connectivity index (χ3n) is 4.39. The van der Waals surface area contributed by atoms with Gasteiger partial charge in [-0.25, -0.2) is 0 Å². The van der Waals surface area contributed by atoms with Crippen molar-refractivity contribution in [2.45, 2.75) is 13.8 Å². The Kier molecular flexibility index (Phi) is 2.88. The second-order valence-corrected chi connectivity index (χ2v) is 5.86. The fourth-order valence-electron chi connectivity index (χ4n) is 3.14. The maximum Gasteiger partial charge on any atom is 0.255 e. The molecule has 1 aromatic carbocycles. The number of hydrogen-bond donors (Lipinski definition) is 0. The minimum atomic E-state index is -0.0357. The zero-order chi connectivity index (χ0) is 16.1. The fourth-order valence-corrected chi connectivity index (χ4v) is 3.14. The summed E-state index contributed by atoms with van der Waals surface area (Å²) >= 11 is 0. The maximum atomic E-state index is 12.6. The average Bonchev–Trinajstić information content (AvgIpc) is 2.93. The van der Waals surface area contributed by atoms with Gasteiger partial charge in [-0.1, -0.05) is 30.3 Å². The smallest absolute Gasteiger partial charge is 0.255 e. The molecule has 4 rings (SSSR count). The van der Waals surface area contributed by atoms with E-state index in [0.717, 1.165) is 33.0 Å². The van der Waals surface area contributed by atoms with Gasteiger partial charge in [0.15, 0.2) is 0 Å². The van der Waals surface area contributed by atoms with Gasteiger partial charge in [0.2, 0.25) is 5.71 Å². The van der Waals surface area contributed by atoms with Crippen molar-refractivity contribution in [3.05, 3.63) is 64.1 Å². The molecular formula is C19H16N2O2. The zero-order valence-corrected chi connectivity index (χ0v) is 13.3. The van der Waals surface area contributed by atoms with Gasteiger partial charge in [0.05, 0.1) is 6.26 Å². The number of fused-ring (bicyclic) bond motifs is 2. The largest absolute Gasteiger partial charge is 0.446 e. The molecule has 23 heavy (non-hydrogen) atoms. The van der Waals surface area contributed by atoms with Crippen molar-refractivity contribution in [2.24, 2.45) is 7.05 Å². The molecule has 0 fully saturated rings. The van der Waals surface area contributed by atoms with E-state index >= 15 is 0 Å². The number of nitrogens with zero attached hydrogens (tertiary/aromatic N) is 2. The molecule has 0 aliphatic carbocycles. The molecule has 0 atom stereocenters. The molecule has 0 spiro atoms. The van der Waals surface area contributed by atoms with Gasteiger partial charge in [-0.3, -0.25) is 9.36 Å². The van der Waals surface area contributed by atoms with Crippen LogP contribution in [0.3, 0.4) is 0 Å². The molecule has 3 heterocycles. The van der Waals surface area contributed by atoms with Gasteiger partial charge in [-0.2, -0.15) is 4.98 Å².